The van der Waals surface area contributed by atoms with Gasteiger partial charge in [-0.05, 0) is 66.1 Å². The number of aromatic nitrogens is 1. The number of aromatic amines is 1. The Morgan fingerprint density at radius 2 is 1.75 bits per heavy atom. The first kappa shape index (κ1) is 27.9. The molecule has 3 aliphatic heterocycles. The van der Waals surface area contributed by atoms with Gasteiger partial charge >= 0.3 is 4.87 Å². The van der Waals surface area contributed by atoms with Crippen LogP contribution in [0.15, 0.2) is 58.4 Å². The molecule has 8 rings (SSSR count). The summed E-state index contributed by atoms with van der Waals surface area (Å²) in [5, 5.41) is 0.942. The number of H-pyrrole nitrogens is 1. The fourth-order valence-corrected chi connectivity index (χ4v) is 11.1. The Bertz CT molecular complexity index is 1700. The Labute approximate surface area is 261 Å². The molecule has 3 amide bonds. The van der Waals surface area contributed by atoms with Gasteiger partial charge in [0.2, 0.25) is 11.8 Å². The molecule has 2 saturated heterocycles. The molecular formula is C32H31N3O7S2. The zero-order valence-electron chi connectivity index (χ0n) is 24.0. The summed E-state index contributed by atoms with van der Waals surface area (Å²) in [7, 11) is 1.58. The molecule has 2 saturated carbocycles. The first-order valence-electron chi connectivity index (χ1n) is 14.9. The largest absolute Gasteiger partial charge is 0.497 e. The maximum atomic E-state index is 14.0. The van der Waals surface area contributed by atoms with Crippen LogP contribution in [0.4, 0.5) is 5.69 Å². The summed E-state index contributed by atoms with van der Waals surface area (Å²) < 4.78 is 16.6. The Morgan fingerprint density at radius 1 is 1.00 bits per heavy atom. The van der Waals surface area contributed by atoms with E-state index in [9.17, 15) is 19.2 Å². The summed E-state index contributed by atoms with van der Waals surface area (Å²) in [6, 6.07) is 14.8. The lowest BCUT2D eigenvalue weighted by Gasteiger charge is -2.43. The second kappa shape index (κ2) is 10.8. The van der Waals surface area contributed by atoms with Crippen LogP contribution in [-0.4, -0.2) is 72.9 Å². The SMILES string of the molecule is COc1ccc(N2C(=O)[C@H]3[C@H]4C[C@@H]([C@@H]3C2=O)[C@@H]2[C@H](c3cccc(OCC(=O)N5CCOCC5)c3)c3sc(=O)[nH]c3S[C@H]42)cc1. The van der Waals surface area contributed by atoms with Gasteiger partial charge in [-0.2, -0.15) is 0 Å². The smallest absolute Gasteiger partial charge is 0.305 e. The number of anilines is 1. The Morgan fingerprint density at radius 3 is 2.50 bits per heavy atom. The van der Waals surface area contributed by atoms with E-state index in [1.807, 2.05) is 24.3 Å². The second-order valence-corrected chi connectivity index (χ2v) is 14.2. The standard InChI is InChI=1S/C32H31N3O7S2/c1-40-18-7-5-17(6-8-18)35-30(37)25-20-14-21(26(25)31(35)38)27-24(20)23(28-29(43-27)33-32(39)44-28)16-3-2-4-19(13-16)42-15-22(36)34-9-11-41-12-10-34/h2-8,13,20-21,23-27H,9-12,14-15H2,1H3,(H,33,39)/t20-,21-,23+,24-,25+,26+,27-/m1/s1. The molecule has 7 atom stereocenters. The molecule has 2 aromatic carbocycles. The molecule has 3 aromatic rings. The van der Waals surface area contributed by atoms with Crippen molar-refractivity contribution in [3.05, 3.63) is 68.6 Å². The van der Waals surface area contributed by atoms with Crippen LogP contribution < -0.4 is 19.2 Å². The number of thiazole rings is 1. The quantitative estimate of drug-likeness (QED) is 0.411. The molecule has 4 heterocycles. The average Bonchev–Trinajstić information content (AvgIpc) is 3.79. The lowest BCUT2D eigenvalue weighted by Crippen LogP contribution is -2.43. The van der Waals surface area contributed by atoms with Crippen molar-refractivity contribution in [1.29, 1.82) is 0 Å². The first-order chi connectivity index (χ1) is 21.4. The van der Waals surface area contributed by atoms with E-state index in [1.54, 1.807) is 48.0 Å². The molecule has 0 radical (unpaired) electrons. The van der Waals surface area contributed by atoms with Gasteiger partial charge in [-0.1, -0.05) is 23.5 Å². The summed E-state index contributed by atoms with van der Waals surface area (Å²) in [6.07, 6.45) is 0.811. The number of rotatable bonds is 6. The molecule has 5 aliphatic rings. The lowest BCUT2D eigenvalue weighted by atomic mass is 9.68. The number of hydrogen-bond donors (Lipinski definition) is 1. The van der Waals surface area contributed by atoms with Crippen LogP contribution >= 0.6 is 23.1 Å². The van der Waals surface area contributed by atoms with Crippen molar-refractivity contribution in [3.63, 3.8) is 0 Å². The predicted molar refractivity (Wildman–Crippen MR) is 163 cm³/mol. The predicted octanol–water partition coefficient (Wildman–Crippen LogP) is 3.36. The van der Waals surface area contributed by atoms with E-state index in [0.29, 0.717) is 43.5 Å². The number of hydrogen-bond acceptors (Lipinski definition) is 9. The maximum Gasteiger partial charge on any atom is 0.305 e. The Balaban J connectivity index is 1.10. The topological polar surface area (TPSA) is 118 Å². The molecule has 12 heteroatoms. The lowest BCUT2D eigenvalue weighted by molar-refractivity contribution is -0.137. The van der Waals surface area contributed by atoms with Crippen LogP contribution in [0.5, 0.6) is 11.5 Å². The third-order valence-electron chi connectivity index (χ3n) is 10.00. The van der Waals surface area contributed by atoms with Gasteiger partial charge in [0.05, 0.1) is 42.9 Å². The molecule has 4 fully saturated rings. The van der Waals surface area contributed by atoms with Crippen molar-refractivity contribution in [2.45, 2.75) is 22.6 Å². The van der Waals surface area contributed by atoms with Gasteiger partial charge in [0, 0.05) is 29.1 Å². The molecule has 0 spiro atoms. The van der Waals surface area contributed by atoms with Crippen molar-refractivity contribution >= 4 is 46.5 Å². The molecule has 44 heavy (non-hydrogen) atoms. The van der Waals surface area contributed by atoms with Crippen molar-refractivity contribution in [3.8, 4) is 11.5 Å². The zero-order chi connectivity index (χ0) is 30.1. The molecule has 2 bridgehead atoms. The van der Waals surface area contributed by atoms with Gasteiger partial charge in [-0.3, -0.25) is 24.1 Å². The summed E-state index contributed by atoms with van der Waals surface area (Å²) >= 11 is 2.88. The summed E-state index contributed by atoms with van der Waals surface area (Å²) in [6.45, 7) is 2.11. The molecule has 1 N–H and O–H groups in total. The van der Waals surface area contributed by atoms with Crippen LogP contribution in [-0.2, 0) is 19.1 Å². The van der Waals surface area contributed by atoms with Crippen LogP contribution in [0.3, 0.4) is 0 Å². The highest BCUT2D eigenvalue weighted by Gasteiger charge is 2.69. The molecule has 228 valence electrons. The molecule has 2 aliphatic carbocycles. The normalized spacial score (nSPS) is 30.2. The maximum absolute atomic E-state index is 14.0. The number of benzene rings is 2. The Kier molecular flexibility index (Phi) is 6.84. The van der Waals surface area contributed by atoms with E-state index in [1.165, 1.54) is 16.2 Å². The number of imide groups is 1. The summed E-state index contributed by atoms with van der Waals surface area (Å²) in [5.74, 6) is 0.134. The van der Waals surface area contributed by atoms with Crippen molar-refractivity contribution < 1.29 is 28.6 Å². The van der Waals surface area contributed by atoms with Gasteiger partial charge < -0.3 is 24.1 Å². The second-order valence-electron chi connectivity index (χ2n) is 12.0. The number of fused-ring (bicyclic) bond motifs is 9. The van der Waals surface area contributed by atoms with Crippen LogP contribution in [0, 0.1) is 29.6 Å². The van der Waals surface area contributed by atoms with Crippen molar-refractivity contribution in [1.82, 2.24) is 9.88 Å². The Hall–Kier alpha value is -3.61. The third-order valence-corrected chi connectivity index (χ3v) is 12.6. The van der Waals surface area contributed by atoms with Gasteiger partial charge in [-0.15, -0.1) is 11.8 Å². The van der Waals surface area contributed by atoms with Gasteiger partial charge in [0.1, 0.15) is 11.5 Å². The number of carbonyl (C=O) groups excluding carboxylic acids is 3. The monoisotopic (exact) mass is 633 g/mol. The number of carbonyl (C=O) groups is 3. The third kappa shape index (κ3) is 4.33. The van der Waals surface area contributed by atoms with Crippen molar-refractivity contribution in [2.75, 3.05) is 44.9 Å². The highest BCUT2D eigenvalue weighted by molar-refractivity contribution is 8.00. The number of ether oxygens (including phenoxy) is 3. The molecule has 0 unspecified atom stereocenters. The fourth-order valence-electron chi connectivity index (χ4n) is 8.22. The highest BCUT2D eigenvalue weighted by Crippen LogP contribution is 2.68. The van der Waals surface area contributed by atoms with Crippen LogP contribution in [0.25, 0.3) is 0 Å². The number of nitrogens with one attached hydrogen (secondary N) is 1. The minimum atomic E-state index is -0.387. The van der Waals surface area contributed by atoms with Gasteiger partial charge in [-0.25, -0.2) is 0 Å². The minimum Gasteiger partial charge on any atom is -0.497 e. The number of nitrogens with zero attached hydrogens (tertiary/aromatic N) is 2. The van der Waals surface area contributed by atoms with Crippen LogP contribution in [0.1, 0.15) is 22.8 Å². The number of thioether (sulfide) groups is 1. The number of morpholine rings is 1. The first-order valence-corrected chi connectivity index (χ1v) is 16.6. The van der Waals surface area contributed by atoms with E-state index < -0.39 is 0 Å². The fraction of sp³-hybridized carbons (Fsp3) is 0.438. The van der Waals surface area contributed by atoms with E-state index in [4.69, 9.17) is 14.2 Å². The molecular weight excluding hydrogens is 603 g/mol. The molecule has 10 nitrogen and oxygen atoms in total. The summed E-state index contributed by atoms with van der Waals surface area (Å²) in [5.41, 5.74) is 1.56. The van der Waals surface area contributed by atoms with Crippen LogP contribution in [0.2, 0.25) is 0 Å². The van der Waals surface area contributed by atoms with E-state index in [0.717, 1.165) is 21.9 Å². The van der Waals surface area contributed by atoms with E-state index in [-0.39, 0.29) is 70.0 Å². The zero-order valence-corrected chi connectivity index (χ0v) is 25.6. The minimum absolute atomic E-state index is 0.00465. The summed E-state index contributed by atoms with van der Waals surface area (Å²) in [4.78, 5) is 60.2. The number of methoxy groups -OCH3 is 1. The highest BCUT2D eigenvalue weighted by atomic mass is 32.2. The van der Waals surface area contributed by atoms with Crippen molar-refractivity contribution in [2.24, 2.45) is 29.6 Å². The number of amides is 3. The van der Waals surface area contributed by atoms with Gasteiger partial charge in [0.15, 0.2) is 6.61 Å². The molecule has 1 aromatic heterocycles. The van der Waals surface area contributed by atoms with Gasteiger partial charge in [0.25, 0.3) is 5.91 Å². The van der Waals surface area contributed by atoms with E-state index >= 15 is 0 Å². The average molecular weight is 634 g/mol. The van der Waals surface area contributed by atoms with E-state index in [2.05, 4.69) is 4.98 Å².